The number of rotatable bonds is 7. The van der Waals surface area contributed by atoms with Crippen molar-refractivity contribution < 1.29 is 22.7 Å². The maximum atomic E-state index is 12.7. The second-order valence-corrected chi connectivity index (χ2v) is 7.93. The van der Waals surface area contributed by atoms with Gasteiger partial charge < -0.3 is 15.2 Å². The highest BCUT2D eigenvalue weighted by Gasteiger charge is 2.28. The fourth-order valence-corrected chi connectivity index (χ4v) is 4.59. The molecule has 0 radical (unpaired) electrons. The van der Waals surface area contributed by atoms with Gasteiger partial charge >= 0.3 is 5.97 Å². The maximum absolute atomic E-state index is 12.7. The molecular formula is C17H27ClN2O5S. The Morgan fingerprint density at radius 1 is 1.27 bits per heavy atom. The Morgan fingerprint density at radius 3 is 2.46 bits per heavy atom. The smallest absolute Gasteiger partial charge is 0.341 e. The van der Waals surface area contributed by atoms with Crippen molar-refractivity contribution in [2.75, 3.05) is 20.8 Å². The average molecular weight is 407 g/mol. The molecular weight excluding hydrogens is 380 g/mol. The number of nitrogens with two attached hydrogens (primary N) is 1. The van der Waals surface area contributed by atoms with Gasteiger partial charge in [0.25, 0.3) is 0 Å². The van der Waals surface area contributed by atoms with Crippen molar-refractivity contribution in [2.45, 2.75) is 43.0 Å². The molecule has 0 heterocycles. The molecule has 148 valence electrons. The Kier molecular flexibility index (Phi) is 8.82. The first-order valence-electron chi connectivity index (χ1n) is 8.41. The second kappa shape index (κ2) is 10.1. The van der Waals surface area contributed by atoms with Crippen LogP contribution in [0.5, 0.6) is 5.75 Å². The molecule has 3 N–H and O–H groups in total. The minimum absolute atomic E-state index is 0. The summed E-state index contributed by atoms with van der Waals surface area (Å²) in [5.41, 5.74) is 5.99. The summed E-state index contributed by atoms with van der Waals surface area (Å²) in [5.74, 6) is -0.183. The molecule has 1 atom stereocenters. The number of methoxy groups -OCH3 is 2. The van der Waals surface area contributed by atoms with Crippen LogP contribution < -0.4 is 15.2 Å². The zero-order valence-corrected chi connectivity index (χ0v) is 16.7. The van der Waals surface area contributed by atoms with E-state index in [1.807, 2.05) is 0 Å². The molecule has 7 nitrogen and oxygen atoms in total. The predicted molar refractivity (Wildman–Crippen MR) is 101 cm³/mol. The number of halogens is 1. The Morgan fingerprint density at radius 2 is 1.92 bits per heavy atom. The number of hydrogen-bond acceptors (Lipinski definition) is 6. The van der Waals surface area contributed by atoms with Crippen molar-refractivity contribution in [2.24, 2.45) is 11.7 Å². The van der Waals surface area contributed by atoms with Gasteiger partial charge in [-0.2, -0.15) is 0 Å². The lowest BCUT2D eigenvalue weighted by Gasteiger charge is -2.29. The largest absolute Gasteiger partial charge is 0.496 e. The zero-order chi connectivity index (χ0) is 18.4. The molecule has 0 amide bonds. The zero-order valence-electron chi connectivity index (χ0n) is 15.1. The van der Waals surface area contributed by atoms with Gasteiger partial charge in [0.15, 0.2) is 0 Å². The molecule has 1 aliphatic carbocycles. The van der Waals surface area contributed by atoms with Gasteiger partial charge in [-0.15, -0.1) is 12.4 Å². The first-order valence-corrected chi connectivity index (χ1v) is 9.90. The number of ether oxygens (including phenoxy) is 2. The summed E-state index contributed by atoms with van der Waals surface area (Å²) in [6.45, 7) is 0.251. The normalized spacial score (nSPS) is 16.4. The molecule has 1 saturated carbocycles. The monoisotopic (exact) mass is 406 g/mol. The van der Waals surface area contributed by atoms with Gasteiger partial charge in [0.1, 0.15) is 11.3 Å². The molecule has 1 aromatic rings. The lowest BCUT2D eigenvalue weighted by atomic mass is 9.84. The fraction of sp³-hybridized carbons (Fsp3) is 0.588. The molecule has 1 aliphatic rings. The molecule has 2 rings (SSSR count). The standard InChI is InChI=1S/C17H26N2O5S.ClH/c1-23-16-10-13(8-9-14(16)17(20)24-2)25(21,22)19-15(11-18)12-6-4-3-5-7-12;/h8-10,12,15,19H,3-7,11,18H2,1-2H3;1H. The average Bonchev–Trinajstić information content (AvgIpc) is 2.65. The molecule has 9 heteroatoms. The third-order valence-electron chi connectivity index (χ3n) is 4.67. The van der Waals surface area contributed by atoms with Crippen molar-refractivity contribution in [1.29, 1.82) is 0 Å². The summed E-state index contributed by atoms with van der Waals surface area (Å²) in [6, 6.07) is 3.78. The molecule has 0 saturated heterocycles. The summed E-state index contributed by atoms with van der Waals surface area (Å²) in [6.07, 6.45) is 5.35. The molecule has 26 heavy (non-hydrogen) atoms. The number of hydrogen-bond donors (Lipinski definition) is 2. The van der Waals surface area contributed by atoms with Crippen LogP contribution in [0.25, 0.3) is 0 Å². The van der Waals surface area contributed by atoms with E-state index in [0.717, 1.165) is 25.7 Å². The van der Waals surface area contributed by atoms with Gasteiger partial charge in [0.2, 0.25) is 10.0 Å². The van der Waals surface area contributed by atoms with E-state index in [-0.39, 0.29) is 47.1 Å². The fourth-order valence-electron chi connectivity index (χ4n) is 3.26. The summed E-state index contributed by atoms with van der Waals surface area (Å²) in [7, 11) is -1.14. The molecule has 0 bridgehead atoms. The molecule has 1 unspecified atom stereocenters. The third-order valence-corrected chi connectivity index (χ3v) is 6.16. The topological polar surface area (TPSA) is 108 Å². The molecule has 1 fully saturated rings. The number of carbonyl (C=O) groups is 1. The minimum atomic E-state index is -3.76. The van der Waals surface area contributed by atoms with Gasteiger partial charge in [-0.25, -0.2) is 17.9 Å². The number of benzene rings is 1. The summed E-state index contributed by atoms with van der Waals surface area (Å²) in [4.78, 5) is 11.7. The number of esters is 1. The highest BCUT2D eigenvalue weighted by Crippen LogP contribution is 2.28. The van der Waals surface area contributed by atoms with E-state index in [1.54, 1.807) is 0 Å². The van der Waals surface area contributed by atoms with Crippen molar-refractivity contribution in [1.82, 2.24) is 4.72 Å². The molecule has 0 aromatic heterocycles. The van der Waals surface area contributed by atoms with Crippen LogP contribution in [0.4, 0.5) is 0 Å². The molecule has 1 aromatic carbocycles. The summed E-state index contributed by atoms with van der Waals surface area (Å²) < 4.78 is 38.0. The summed E-state index contributed by atoms with van der Waals surface area (Å²) in [5, 5.41) is 0. The summed E-state index contributed by atoms with van der Waals surface area (Å²) >= 11 is 0. The number of nitrogens with one attached hydrogen (secondary N) is 1. The third kappa shape index (κ3) is 5.33. The van der Waals surface area contributed by atoms with E-state index in [9.17, 15) is 13.2 Å². The number of carbonyl (C=O) groups excluding carboxylic acids is 1. The van der Waals surface area contributed by atoms with Crippen molar-refractivity contribution in [3.05, 3.63) is 23.8 Å². The highest BCUT2D eigenvalue weighted by molar-refractivity contribution is 7.89. The van der Waals surface area contributed by atoms with Crippen LogP contribution in [0.3, 0.4) is 0 Å². The van der Waals surface area contributed by atoms with Gasteiger partial charge in [0, 0.05) is 18.7 Å². The highest BCUT2D eigenvalue weighted by atomic mass is 35.5. The van der Waals surface area contributed by atoms with Gasteiger partial charge in [-0.05, 0) is 30.9 Å². The van der Waals surface area contributed by atoms with Gasteiger partial charge in [0.05, 0.1) is 19.1 Å². The Balaban J connectivity index is 0.00000338. The van der Waals surface area contributed by atoms with Crippen LogP contribution in [0, 0.1) is 5.92 Å². The van der Waals surface area contributed by atoms with E-state index in [2.05, 4.69) is 9.46 Å². The first kappa shape index (κ1) is 22.7. The van der Waals surface area contributed by atoms with Crippen LogP contribution in [0.2, 0.25) is 0 Å². The lowest BCUT2D eigenvalue weighted by Crippen LogP contribution is -2.45. The predicted octanol–water partition coefficient (Wildman–Crippen LogP) is 2.09. The number of sulfonamides is 1. The van der Waals surface area contributed by atoms with E-state index < -0.39 is 16.0 Å². The van der Waals surface area contributed by atoms with Crippen LogP contribution in [-0.4, -0.2) is 41.2 Å². The van der Waals surface area contributed by atoms with E-state index in [0.29, 0.717) is 0 Å². The molecule has 0 spiro atoms. The molecule has 0 aliphatic heterocycles. The Bertz CT molecular complexity index is 705. The minimum Gasteiger partial charge on any atom is -0.496 e. The van der Waals surface area contributed by atoms with E-state index in [1.165, 1.54) is 38.8 Å². The van der Waals surface area contributed by atoms with E-state index >= 15 is 0 Å². The van der Waals surface area contributed by atoms with Crippen molar-refractivity contribution in [3.63, 3.8) is 0 Å². The van der Waals surface area contributed by atoms with Gasteiger partial charge in [-0.3, -0.25) is 0 Å². The lowest BCUT2D eigenvalue weighted by molar-refractivity contribution is 0.0597. The first-order chi connectivity index (χ1) is 11.9. The van der Waals surface area contributed by atoms with Crippen molar-refractivity contribution in [3.8, 4) is 5.75 Å². The quantitative estimate of drug-likeness (QED) is 0.671. The van der Waals surface area contributed by atoms with Crippen LogP contribution in [0.15, 0.2) is 23.1 Å². The SMILES string of the molecule is COC(=O)c1ccc(S(=O)(=O)NC(CN)C2CCCCC2)cc1OC.Cl. The van der Waals surface area contributed by atoms with Crippen LogP contribution in [0.1, 0.15) is 42.5 Å². The Hall–Kier alpha value is -1.35. The van der Waals surface area contributed by atoms with Gasteiger partial charge in [-0.1, -0.05) is 19.3 Å². The van der Waals surface area contributed by atoms with E-state index in [4.69, 9.17) is 10.5 Å². The second-order valence-electron chi connectivity index (χ2n) is 6.22. The van der Waals surface area contributed by atoms with Crippen LogP contribution in [-0.2, 0) is 14.8 Å². The maximum Gasteiger partial charge on any atom is 0.341 e. The Labute approximate surface area is 161 Å². The van der Waals surface area contributed by atoms with Crippen molar-refractivity contribution >= 4 is 28.4 Å². The van der Waals surface area contributed by atoms with Crippen LogP contribution >= 0.6 is 12.4 Å².